The first-order valence-corrected chi connectivity index (χ1v) is 30.4. The van der Waals surface area contributed by atoms with Crippen molar-refractivity contribution in [3.8, 4) is 11.1 Å². The topological polar surface area (TPSA) is 74.8 Å². The first-order chi connectivity index (χ1) is 38.9. The highest BCUT2D eigenvalue weighted by Gasteiger charge is 2.43. The smallest absolute Gasteiger partial charge is 0.265 e. The molecule has 0 atom stereocenters. The highest BCUT2D eigenvalue weighted by molar-refractivity contribution is 6.45. The number of fused-ring (bicyclic) bond motifs is 5. The monoisotopic (exact) mass is 1070 g/mol. The highest BCUT2D eigenvalue weighted by atomic mass is 16.2. The SMILES string of the molecule is CC(C)c1ccc(C(C)C)c(N2C(=O)c3ccc4c5ccc6c7c(ccc(c8ccc(c3c48)C2=O)c75)C(=O)N(c2cc(C(C)C)ccc2C(C)C)C6=O)c1.CCCCCCC1(CCCCCC)c2cc(C)ccc2-c2ccc(C)cc21. The van der Waals surface area contributed by atoms with Crippen LogP contribution in [0.15, 0.2) is 121 Å². The first-order valence-electron chi connectivity index (χ1n) is 30.4. The number of carbonyl (C=O) groups is 4. The molecule has 2 aliphatic heterocycles. The second-order valence-corrected chi connectivity index (χ2v) is 25.1. The van der Waals surface area contributed by atoms with Crippen molar-refractivity contribution in [3.05, 3.63) is 188 Å². The van der Waals surface area contributed by atoms with Crippen LogP contribution >= 0.6 is 0 Å². The van der Waals surface area contributed by atoms with E-state index in [4.69, 9.17) is 0 Å². The van der Waals surface area contributed by atoms with Crippen molar-refractivity contribution in [1.82, 2.24) is 0 Å². The van der Waals surface area contributed by atoms with Gasteiger partial charge in [0.05, 0.1) is 11.4 Å². The lowest BCUT2D eigenvalue weighted by atomic mass is 9.70. The summed E-state index contributed by atoms with van der Waals surface area (Å²) in [6.45, 7) is 25.9. The van der Waals surface area contributed by atoms with Gasteiger partial charge in [0.15, 0.2) is 0 Å². The fourth-order valence-corrected chi connectivity index (χ4v) is 14.0. The van der Waals surface area contributed by atoms with Gasteiger partial charge in [-0.1, -0.05) is 217 Å². The molecular weight excluding hydrogens is 993 g/mol. The van der Waals surface area contributed by atoms with Crippen LogP contribution in [0.4, 0.5) is 11.4 Å². The molecule has 81 heavy (non-hydrogen) atoms. The summed E-state index contributed by atoms with van der Waals surface area (Å²) in [4.78, 5) is 60.9. The van der Waals surface area contributed by atoms with E-state index in [-0.39, 0.29) is 52.7 Å². The molecule has 0 spiro atoms. The number of anilines is 2. The number of aryl methyl sites for hydroxylation is 2. The van der Waals surface area contributed by atoms with E-state index < -0.39 is 0 Å². The Balaban J connectivity index is 0.000000215. The molecule has 0 unspecified atom stereocenters. The van der Waals surface area contributed by atoms with Crippen LogP contribution < -0.4 is 9.80 Å². The Labute approximate surface area is 480 Å². The third kappa shape index (κ3) is 9.16. The summed E-state index contributed by atoms with van der Waals surface area (Å²) in [6, 6.07) is 41.8. The summed E-state index contributed by atoms with van der Waals surface area (Å²) in [6.07, 6.45) is 13.4. The van der Waals surface area contributed by atoms with E-state index in [0.717, 1.165) is 54.6 Å². The van der Waals surface area contributed by atoms with Crippen molar-refractivity contribution in [1.29, 1.82) is 0 Å². The second kappa shape index (κ2) is 21.8. The number of carbonyl (C=O) groups excluding carboxylic acids is 4. The standard InChI is InChI=1S/C48H42N2O4.C27H38/c1-23(2)27-9-11-29(25(5)6)39(21-27)49-45(51)35-17-13-31-33-15-19-37-44-38(20-16-34(42(33)44)32-14-18-36(46(49)52)43(35)41(31)32)48(54)50(47(37)53)40-22-28(24(3)4)10-12-30(40)26(7)8;1-5-7-9-11-17-27(18-12-10-8-6-2)25-19-21(3)13-15-23(25)24-16-14-22(4)20-26(24)27/h9-26H,1-8H3;13-16,19-20H,5-12,17-18H2,1-4H3. The number of rotatable bonds is 16. The van der Waals surface area contributed by atoms with Gasteiger partial charge in [0.2, 0.25) is 0 Å². The molecule has 0 N–H and O–H groups in total. The quantitative estimate of drug-likeness (QED) is 0.0418. The zero-order valence-corrected chi connectivity index (χ0v) is 50.0. The Hall–Kier alpha value is -7.44. The maximum absolute atomic E-state index is 14.5. The Morgan fingerprint density at radius 3 is 1.00 bits per heavy atom. The molecule has 12 rings (SSSR count). The fraction of sp³-hybridized carbons (Fsp3) is 0.360. The number of nitrogens with zero attached hydrogens (tertiary/aromatic N) is 2. The van der Waals surface area contributed by atoms with Crippen molar-refractivity contribution in [2.75, 3.05) is 9.80 Å². The van der Waals surface area contributed by atoms with Crippen molar-refractivity contribution < 1.29 is 19.2 Å². The van der Waals surface area contributed by atoms with E-state index in [0.29, 0.717) is 44.4 Å². The molecular formula is C75H80N2O4. The van der Waals surface area contributed by atoms with Gasteiger partial charge >= 0.3 is 0 Å². The number of benzene rings is 9. The van der Waals surface area contributed by atoms with Crippen molar-refractivity contribution >= 4 is 78.1 Å². The van der Waals surface area contributed by atoms with E-state index in [1.54, 1.807) is 11.1 Å². The van der Waals surface area contributed by atoms with Crippen LogP contribution in [0.3, 0.4) is 0 Å². The lowest BCUT2D eigenvalue weighted by molar-refractivity contribution is 0.0877. The minimum atomic E-state index is -0.339. The fourth-order valence-electron chi connectivity index (χ4n) is 14.0. The zero-order valence-electron chi connectivity index (χ0n) is 50.0. The van der Waals surface area contributed by atoms with E-state index in [2.05, 4.69) is 132 Å². The molecule has 0 aromatic heterocycles. The number of amides is 4. The average molecular weight is 1070 g/mol. The Kier molecular flexibility index (Phi) is 14.9. The van der Waals surface area contributed by atoms with Crippen molar-refractivity contribution in [3.63, 3.8) is 0 Å². The van der Waals surface area contributed by atoms with Crippen LogP contribution in [0.5, 0.6) is 0 Å². The lowest BCUT2D eigenvalue weighted by Crippen LogP contribution is -2.41. The maximum Gasteiger partial charge on any atom is 0.265 e. The minimum Gasteiger partial charge on any atom is -0.268 e. The van der Waals surface area contributed by atoms with Gasteiger partial charge in [-0.05, 0) is 164 Å². The Bertz CT molecular complexity index is 3620. The normalized spacial score (nSPS) is 14.5. The molecule has 0 bridgehead atoms. The molecule has 4 amide bonds. The molecule has 6 heteroatoms. The predicted octanol–water partition coefficient (Wildman–Crippen LogP) is 20.3. The molecule has 1 aliphatic carbocycles. The van der Waals surface area contributed by atoms with Gasteiger partial charge in [0.25, 0.3) is 23.6 Å². The summed E-state index contributed by atoms with van der Waals surface area (Å²) in [5.41, 5.74) is 16.5. The molecule has 0 fully saturated rings. The number of hydrogen-bond donors (Lipinski definition) is 0. The summed E-state index contributed by atoms with van der Waals surface area (Å²) in [5, 5.41) is 6.44. The Morgan fingerprint density at radius 1 is 0.358 bits per heavy atom. The van der Waals surface area contributed by atoms with Gasteiger partial charge in [-0.2, -0.15) is 0 Å². The largest absolute Gasteiger partial charge is 0.268 e. The van der Waals surface area contributed by atoms with Crippen LogP contribution in [0.25, 0.3) is 54.2 Å². The summed E-state index contributed by atoms with van der Waals surface area (Å²) < 4.78 is 0. The number of imide groups is 2. The minimum absolute atomic E-state index is 0.102. The van der Waals surface area contributed by atoms with Gasteiger partial charge in [-0.3, -0.25) is 19.2 Å². The molecule has 0 saturated carbocycles. The van der Waals surface area contributed by atoms with Crippen molar-refractivity contribution in [2.24, 2.45) is 0 Å². The van der Waals surface area contributed by atoms with Crippen LogP contribution in [0, 0.1) is 13.8 Å². The Morgan fingerprint density at radius 2 is 0.691 bits per heavy atom. The molecule has 0 radical (unpaired) electrons. The number of hydrogen-bond acceptors (Lipinski definition) is 4. The van der Waals surface area contributed by atoms with Crippen LogP contribution in [0.2, 0.25) is 0 Å². The van der Waals surface area contributed by atoms with E-state index in [9.17, 15) is 19.2 Å². The van der Waals surface area contributed by atoms with Crippen LogP contribution in [-0.4, -0.2) is 23.6 Å². The van der Waals surface area contributed by atoms with Gasteiger partial charge < -0.3 is 0 Å². The zero-order chi connectivity index (χ0) is 57.3. The van der Waals surface area contributed by atoms with Crippen LogP contribution in [-0.2, 0) is 5.41 Å². The molecule has 6 nitrogen and oxygen atoms in total. The van der Waals surface area contributed by atoms with E-state index in [1.807, 2.05) is 72.8 Å². The molecule has 2 heterocycles. The molecule has 3 aliphatic rings. The van der Waals surface area contributed by atoms with Gasteiger partial charge in [-0.15, -0.1) is 0 Å². The van der Waals surface area contributed by atoms with E-state index >= 15 is 0 Å². The third-order valence-electron chi connectivity index (χ3n) is 18.4. The summed E-state index contributed by atoms with van der Waals surface area (Å²) in [5.74, 6) is -0.699. The average Bonchev–Trinajstić information content (AvgIpc) is 2.76. The first kappa shape index (κ1) is 55.5. The van der Waals surface area contributed by atoms with Gasteiger partial charge in [0.1, 0.15) is 0 Å². The maximum atomic E-state index is 14.5. The summed E-state index contributed by atoms with van der Waals surface area (Å²) in [7, 11) is 0. The third-order valence-corrected chi connectivity index (χ3v) is 18.4. The van der Waals surface area contributed by atoms with E-state index in [1.165, 1.54) is 96.3 Å². The molecule has 0 saturated heterocycles. The second-order valence-electron chi connectivity index (χ2n) is 25.1. The summed E-state index contributed by atoms with van der Waals surface area (Å²) >= 11 is 0. The van der Waals surface area contributed by atoms with Crippen molar-refractivity contribution in [2.45, 2.75) is 176 Å². The highest BCUT2D eigenvalue weighted by Crippen LogP contribution is 2.55. The van der Waals surface area contributed by atoms with Gasteiger partial charge in [0, 0.05) is 38.4 Å². The van der Waals surface area contributed by atoms with Gasteiger partial charge in [-0.25, -0.2) is 9.80 Å². The lowest BCUT2D eigenvalue weighted by Gasteiger charge is -2.33. The molecule has 9 aromatic rings. The molecule has 9 aromatic carbocycles. The van der Waals surface area contributed by atoms with Crippen LogP contribution in [0.1, 0.15) is 243 Å². The predicted molar refractivity (Wildman–Crippen MR) is 339 cm³/mol. The molecule has 414 valence electrons. The number of unbranched alkanes of at least 4 members (excludes halogenated alkanes) is 6.